The number of hydrogen-bond acceptors (Lipinski definition) is 7. The second-order valence-corrected chi connectivity index (χ2v) is 6.46. The van der Waals surface area contributed by atoms with E-state index in [9.17, 15) is 9.18 Å². The summed E-state index contributed by atoms with van der Waals surface area (Å²) in [7, 11) is 0. The molecule has 0 aliphatic carbocycles. The van der Waals surface area contributed by atoms with Gasteiger partial charge in [0.1, 0.15) is 24.2 Å². The number of amides is 1. The Morgan fingerprint density at radius 1 is 1.30 bits per heavy atom. The lowest BCUT2D eigenvalue weighted by Gasteiger charge is -2.14. The van der Waals surface area contributed by atoms with Gasteiger partial charge in [-0.15, -0.1) is 10.2 Å². The first kappa shape index (κ1) is 21.6. The van der Waals surface area contributed by atoms with Crippen LogP contribution in [0.2, 0.25) is 0 Å². The highest BCUT2D eigenvalue weighted by Gasteiger charge is 2.32. The van der Waals surface area contributed by atoms with Crippen molar-refractivity contribution in [1.82, 2.24) is 25.2 Å². The minimum Gasteiger partial charge on any atom is -1.00 e. The summed E-state index contributed by atoms with van der Waals surface area (Å²) in [4.78, 5) is 18.9. The monoisotopic (exact) mass is 435 g/mol. The summed E-state index contributed by atoms with van der Waals surface area (Å²) in [5.41, 5.74) is 5.54. The predicted molar refractivity (Wildman–Crippen MR) is 98.9 cm³/mol. The minimum absolute atomic E-state index is 0. The molecule has 1 atom stereocenters. The van der Waals surface area contributed by atoms with Gasteiger partial charge in [0, 0.05) is 17.3 Å². The summed E-state index contributed by atoms with van der Waals surface area (Å²) in [5, 5.41) is 21.2. The van der Waals surface area contributed by atoms with E-state index in [0.717, 1.165) is 0 Å². The van der Waals surface area contributed by atoms with Gasteiger partial charge in [0.25, 0.3) is 0 Å². The van der Waals surface area contributed by atoms with Crippen LogP contribution in [0.5, 0.6) is 0 Å². The van der Waals surface area contributed by atoms with Gasteiger partial charge in [0.15, 0.2) is 0 Å². The summed E-state index contributed by atoms with van der Waals surface area (Å²) in [5.74, 6) is -0.122. The Bertz CT molecular complexity index is 1030. The average molecular weight is 436 g/mol. The molecular formula is C18H19ClFN7O3. The van der Waals surface area contributed by atoms with Gasteiger partial charge >= 0.3 is 6.09 Å². The lowest BCUT2D eigenvalue weighted by Crippen LogP contribution is -3.00. The van der Waals surface area contributed by atoms with Gasteiger partial charge in [0.05, 0.1) is 25.4 Å². The van der Waals surface area contributed by atoms with Crippen LogP contribution in [0.3, 0.4) is 0 Å². The zero-order valence-corrected chi connectivity index (χ0v) is 16.5. The van der Waals surface area contributed by atoms with E-state index in [1.807, 2.05) is 0 Å². The van der Waals surface area contributed by atoms with Crippen LogP contribution in [0.15, 0.2) is 36.5 Å². The first-order valence-electron chi connectivity index (χ1n) is 9.01. The van der Waals surface area contributed by atoms with Crippen LogP contribution in [0.4, 0.5) is 14.9 Å². The Morgan fingerprint density at radius 3 is 2.77 bits per heavy atom. The lowest BCUT2D eigenvalue weighted by atomic mass is 10.1. The molecule has 1 aromatic carbocycles. The largest absolute Gasteiger partial charge is 1.00 e. The SMILES string of the molecule is [Cl-].[NH3+]CCn1nnc(-c2ccc(-c3ccc(N4C[C@H](CO)OC4=O)cc3F)cn2)n1. The van der Waals surface area contributed by atoms with Gasteiger partial charge < -0.3 is 28.0 Å². The number of benzene rings is 1. The molecule has 10 nitrogen and oxygen atoms in total. The van der Waals surface area contributed by atoms with Crippen molar-refractivity contribution in [3.63, 3.8) is 0 Å². The number of halogens is 2. The molecule has 4 N–H and O–H groups in total. The Morgan fingerprint density at radius 2 is 2.13 bits per heavy atom. The number of cyclic esters (lactones) is 1. The number of anilines is 1. The van der Waals surface area contributed by atoms with E-state index < -0.39 is 18.0 Å². The number of tetrazole rings is 1. The second kappa shape index (κ2) is 9.11. The number of quaternary nitrogens is 1. The summed E-state index contributed by atoms with van der Waals surface area (Å²) in [6.07, 6.45) is 0.310. The van der Waals surface area contributed by atoms with Crippen LogP contribution in [0.25, 0.3) is 22.6 Å². The third-order valence-corrected chi connectivity index (χ3v) is 4.46. The van der Waals surface area contributed by atoms with Crippen LogP contribution in [-0.2, 0) is 11.3 Å². The first-order valence-corrected chi connectivity index (χ1v) is 9.01. The first-order chi connectivity index (χ1) is 14.1. The molecule has 3 aromatic rings. The fourth-order valence-corrected chi connectivity index (χ4v) is 3.00. The number of rotatable bonds is 6. The highest BCUT2D eigenvalue weighted by molar-refractivity contribution is 5.90. The van der Waals surface area contributed by atoms with Crippen molar-refractivity contribution in [2.24, 2.45) is 0 Å². The molecule has 0 saturated carbocycles. The van der Waals surface area contributed by atoms with Crippen LogP contribution in [0.1, 0.15) is 0 Å². The molecule has 158 valence electrons. The van der Waals surface area contributed by atoms with E-state index in [1.165, 1.54) is 22.0 Å². The Kier molecular flexibility index (Phi) is 6.55. The molecule has 1 fully saturated rings. The number of carbonyl (C=O) groups excluding carboxylic acids is 1. The van der Waals surface area contributed by atoms with Crippen molar-refractivity contribution in [1.29, 1.82) is 0 Å². The fraction of sp³-hybridized carbons (Fsp3) is 0.278. The van der Waals surface area contributed by atoms with Crippen LogP contribution in [0, 0.1) is 5.82 Å². The maximum Gasteiger partial charge on any atom is 0.414 e. The number of nitrogens with zero attached hydrogens (tertiary/aromatic N) is 6. The molecule has 2 aromatic heterocycles. The Balaban J connectivity index is 0.00000256. The molecule has 12 heteroatoms. The molecule has 4 rings (SSSR count). The smallest absolute Gasteiger partial charge is 0.414 e. The van der Waals surface area contributed by atoms with E-state index in [-0.39, 0.29) is 25.6 Å². The quantitative estimate of drug-likeness (QED) is 0.424. The van der Waals surface area contributed by atoms with E-state index in [1.54, 1.807) is 24.3 Å². The van der Waals surface area contributed by atoms with Crippen molar-refractivity contribution < 1.29 is 37.2 Å². The molecule has 30 heavy (non-hydrogen) atoms. The van der Waals surface area contributed by atoms with Gasteiger partial charge in [-0.3, -0.25) is 9.88 Å². The third-order valence-electron chi connectivity index (χ3n) is 4.46. The molecule has 0 radical (unpaired) electrons. The van der Waals surface area contributed by atoms with E-state index >= 15 is 0 Å². The third kappa shape index (κ3) is 4.22. The van der Waals surface area contributed by atoms with Crippen molar-refractivity contribution in [2.75, 3.05) is 24.6 Å². The molecule has 1 amide bonds. The van der Waals surface area contributed by atoms with E-state index in [4.69, 9.17) is 9.84 Å². The van der Waals surface area contributed by atoms with Gasteiger partial charge in [-0.2, -0.15) is 4.80 Å². The number of carbonyl (C=O) groups is 1. The summed E-state index contributed by atoms with van der Waals surface area (Å²) in [6.45, 7) is 1.10. The minimum atomic E-state index is -0.610. The summed E-state index contributed by atoms with van der Waals surface area (Å²) < 4.78 is 19.7. The number of aromatic nitrogens is 5. The maximum atomic E-state index is 14.7. The highest BCUT2D eigenvalue weighted by atomic mass is 35.5. The summed E-state index contributed by atoms with van der Waals surface area (Å²) in [6, 6.07) is 7.87. The van der Waals surface area contributed by atoms with Crippen LogP contribution >= 0.6 is 0 Å². The zero-order valence-electron chi connectivity index (χ0n) is 15.8. The van der Waals surface area contributed by atoms with Crippen molar-refractivity contribution >= 4 is 11.8 Å². The van der Waals surface area contributed by atoms with E-state index in [0.29, 0.717) is 41.4 Å². The van der Waals surface area contributed by atoms with Crippen LogP contribution < -0.4 is 23.0 Å². The molecule has 1 aliphatic heterocycles. The zero-order chi connectivity index (χ0) is 20.4. The molecule has 1 aliphatic rings. The molecule has 0 unspecified atom stereocenters. The molecule has 0 spiro atoms. The average Bonchev–Trinajstić information content (AvgIpc) is 3.35. The topological polar surface area (TPSA) is 134 Å². The number of ether oxygens (including phenoxy) is 1. The van der Waals surface area contributed by atoms with Crippen molar-refractivity contribution in [3.8, 4) is 22.6 Å². The number of aliphatic hydroxyl groups excluding tert-OH is 1. The van der Waals surface area contributed by atoms with Gasteiger partial charge in [-0.05, 0) is 29.5 Å². The number of hydrogen-bond donors (Lipinski definition) is 2. The summed E-state index contributed by atoms with van der Waals surface area (Å²) >= 11 is 0. The van der Waals surface area contributed by atoms with Gasteiger partial charge in [-0.1, -0.05) is 6.07 Å². The lowest BCUT2D eigenvalue weighted by molar-refractivity contribution is -0.370. The molecule has 3 heterocycles. The number of aliphatic hydroxyl groups is 1. The highest BCUT2D eigenvalue weighted by Crippen LogP contribution is 2.29. The second-order valence-electron chi connectivity index (χ2n) is 6.46. The molecule has 0 bridgehead atoms. The van der Waals surface area contributed by atoms with Crippen molar-refractivity contribution in [2.45, 2.75) is 12.6 Å². The van der Waals surface area contributed by atoms with E-state index in [2.05, 4.69) is 26.1 Å². The van der Waals surface area contributed by atoms with Crippen molar-refractivity contribution in [3.05, 3.63) is 42.3 Å². The van der Waals surface area contributed by atoms with Gasteiger partial charge in [0.2, 0.25) is 5.82 Å². The Labute approximate surface area is 176 Å². The predicted octanol–water partition coefficient (Wildman–Crippen LogP) is -2.90. The number of pyridine rings is 1. The Hall–Kier alpha value is -3.15. The van der Waals surface area contributed by atoms with Gasteiger partial charge in [-0.25, -0.2) is 9.18 Å². The molecule has 1 saturated heterocycles. The molecular weight excluding hydrogens is 417 g/mol. The maximum absolute atomic E-state index is 14.7. The normalized spacial score (nSPS) is 15.8. The fourth-order valence-electron chi connectivity index (χ4n) is 3.00. The van der Waals surface area contributed by atoms with Crippen LogP contribution in [-0.4, -0.2) is 62.2 Å². The standard InChI is InChI=1S/C18H18FN7O3.ClH/c19-15-7-12(25-9-13(10-27)29-18(25)28)2-3-14(15)11-1-4-16(21-8-11)17-22-24-26(23-17)6-5-20;/h1-4,7-8,13,27H,5-6,9-10,20H2;1H/t13-;/m1./s1.